The van der Waals surface area contributed by atoms with Gasteiger partial charge in [0.25, 0.3) is 0 Å². The fourth-order valence-corrected chi connectivity index (χ4v) is 3.21. The number of aromatic nitrogens is 3. The quantitative estimate of drug-likeness (QED) is 0.866. The van der Waals surface area contributed by atoms with Crippen LogP contribution in [-0.2, 0) is 4.79 Å². The van der Waals surface area contributed by atoms with Crippen LogP contribution >= 0.6 is 0 Å². The molecule has 1 saturated heterocycles. The lowest BCUT2D eigenvalue weighted by atomic mass is 9.84. The molecular formula is C17H21N5O. The number of anilines is 1. The number of carbonyl (C=O) groups is 1. The minimum Gasteiger partial charge on any atom is -0.353 e. The number of carbonyl (C=O) groups excluding carboxylic acids is 1. The van der Waals surface area contributed by atoms with Crippen molar-refractivity contribution in [2.24, 2.45) is 5.92 Å². The van der Waals surface area contributed by atoms with E-state index >= 15 is 0 Å². The summed E-state index contributed by atoms with van der Waals surface area (Å²) >= 11 is 0. The lowest BCUT2D eigenvalue weighted by Crippen LogP contribution is -2.51. The van der Waals surface area contributed by atoms with Crippen molar-refractivity contribution in [3.05, 3.63) is 36.9 Å². The first-order chi connectivity index (χ1) is 11.3. The Hall–Kier alpha value is -2.37. The molecule has 0 aromatic carbocycles. The number of hydrogen-bond donors (Lipinski definition) is 0. The molecule has 0 atom stereocenters. The second-order valence-corrected chi connectivity index (χ2v) is 6.26. The van der Waals surface area contributed by atoms with Gasteiger partial charge in [-0.25, -0.2) is 9.97 Å². The molecule has 23 heavy (non-hydrogen) atoms. The minimum absolute atomic E-state index is 0.293. The second kappa shape index (κ2) is 6.02. The average Bonchev–Trinajstić information content (AvgIpc) is 3.08. The molecule has 3 heterocycles. The van der Waals surface area contributed by atoms with Crippen LogP contribution in [-0.4, -0.2) is 51.5 Å². The maximum Gasteiger partial charge on any atom is 0.225 e. The molecule has 2 aliphatic rings. The van der Waals surface area contributed by atoms with Crippen LogP contribution in [0.15, 0.2) is 36.9 Å². The zero-order valence-electron chi connectivity index (χ0n) is 13.1. The molecule has 6 heteroatoms. The molecule has 1 amide bonds. The Morgan fingerprint density at radius 1 is 1.00 bits per heavy atom. The summed E-state index contributed by atoms with van der Waals surface area (Å²) in [4.78, 5) is 25.3. The lowest BCUT2D eigenvalue weighted by Gasteiger charge is -2.38. The summed E-state index contributed by atoms with van der Waals surface area (Å²) in [5.74, 6) is 2.44. The number of nitrogens with zero attached hydrogens (tertiary/aromatic N) is 5. The Kier molecular flexibility index (Phi) is 3.73. The molecule has 2 aromatic heterocycles. The smallest absolute Gasteiger partial charge is 0.225 e. The van der Waals surface area contributed by atoms with Crippen molar-refractivity contribution in [2.45, 2.75) is 19.3 Å². The van der Waals surface area contributed by atoms with E-state index in [1.165, 1.54) is 6.42 Å². The predicted molar refractivity (Wildman–Crippen MR) is 87.5 cm³/mol. The highest BCUT2D eigenvalue weighted by Gasteiger charge is 2.31. The van der Waals surface area contributed by atoms with Gasteiger partial charge in [0.05, 0.1) is 0 Å². The van der Waals surface area contributed by atoms with E-state index in [-0.39, 0.29) is 0 Å². The van der Waals surface area contributed by atoms with Crippen LogP contribution in [0, 0.1) is 5.92 Å². The van der Waals surface area contributed by atoms with E-state index in [4.69, 9.17) is 0 Å². The summed E-state index contributed by atoms with van der Waals surface area (Å²) in [7, 11) is 0. The maximum absolute atomic E-state index is 12.3. The third-order valence-electron chi connectivity index (χ3n) is 4.88. The summed E-state index contributed by atoms with van der Waals surface area (Å²) in [5, 5.41) is 0. The van der Waals surface area contributed by atoms with Gasteiger partial charge in [0.1, 0.15) is 18.0 Å². The monoisotopic (exact) mass is 311 g/mol. The lowest BCUT2D eigenvalue weighted by molar-refractivity contribution is -0.138. The topological polar surface area (TPSA) is 54.3 Å². The first kappa shape index (κ1) is 14.2. The van der Waals surface area contributed by atoms with E-state index < -0.39 is 0 Å². The average molecular weight is 311 g/mol. The Labute approximate surface area is 135 Å². The maximum atomic E-state index is 12.3. The SMILES string of the molecule is O=C(C1CCC1)N1CCN(c2cc(-n3cccc3)ncn2)CC1. The van der Waals surface area contributed by atoms with E-state index in [1.807, 2.05) is 40.1 Å². The highest BCUT2D eigenvalue weighted by atomic mass is 16.2. The molecule has 1 aliphatic heterocycles. The van der Waals surface area contributed by atoms with Crippen molar-refractivity contribution >= 4 is 11.7 Å². The third kappa shape index (κ3) is 2.81. The fourth-order valence-electron chi connectivity index (χ4n) is 3.21. The summed E-state index contributed by atoms with van der Waals surface area (Å²) < 4.78 is 1.97. The number of piperazine rings is 1. The zero-order chi connectivity index (χ0) is 15.6. The summed E-state index contributed by atoms with van der Waals surface area (Å²) in [5.41, 5.74) is 0. The van der Waals surface area contributed by atoms with Gasteiger partial charge in [0, 0.05) is 50.6 Å². The Morgan fingerprint density at radius 3 is 2.35 bits per heavy atom. The minimum atomic E-state index is 0.293. The molecule has 6 nitrogen and oxygen atoms in total. The van der Waals surface area contributed by atoms with E-state index in [2.05, 4.69) is 14.9 Å². The molecule has 4 rings (SSSR count). The fraction of sp³-hybridized carbons (Fsp3) is 0.471. The molecule has 1 aliphatic carbocycles. The van der Waals surface area contributed by atoms with Crippen LogP contribution in [0.5, 0.6) is 0 Å². The zero-order valence-corrected chi connectivity index (χ0v) is 13.1. The highest BCUT2D eigenvalue weighted by molar-refractivity contribution is 5.79. The summed E-state index contributed by atoms with van der Waals surface area (Å²) in [6.07, 6.45) is 8.91. The van der Waals surface area contributed by atoms with Crippen molar-refractivity contribution in [2.75, 3.05) is 31.1 Å². The number of amides is 1. The van der Waals surface area contributed by atoms with Crippen LogP contribution < -0.4 is 4.90 Å². The van der Waals surface area contributed by atoms with Crippen molar-refractivity contribution < 1.29 is 4.79 Å². The van der Waals surface area contributed by atoms with Crippen molar-refractivity contribution in [1.82, 2.24) is 19.4 Å². The van der Waals surface area contributed by atoms with E-state index in [0.717, 1.165) is 50.7 Å². The van der Waals surface area contributed by atoms with Gasteiger partial charge in [-0.3, -0.25) is 4.79 Å². The van der Waals surface area contributed by atoms with Crippen molar-refractivity contribution in [3.63, 3.8) is 0 Å². The van der Waals surface area contributed by atoms with Gasteiger partial charge in [0.2, 0.25) is 5.91 Å². The Bertz CT molecular complexity index is 672. The number of hydrogen-bond acceptors (Lipinski definition) is 4. The largest absolute Gasteiger partial charge is 0.353 e. The summed E-state index contributed by atoms with van der Waals surface area (Å²) in [6, 6.07) is 5.96. The molecule has 2 aromatic rings. The van der Waals surface area contributed by atoms with E-state index in [9.17, 15) is 4.79 Å². The van der Waals surface area contributed by atoms with Crippen molar-refractivity contribution in [3.8, 4) is 5.82 Å². The molecule has 0 unspecified atom stereocenters. The first-order valence-electron chi connectivity index (χ1n) is 8.30. The molecule has 0 radical (unpaired) electrons. The highest BCUT2D eigenvalue weighted by Crippen LogP contribution is 2.28. The normalized spacial score (nSPS) is 18.8. The third-order valence-corrected chi connectivity index (χ3v) is 4.88. The van der Waals surface area contributed by atoms with E-state index in [0.29, 0.717) is 11.8 Å². The predicted octanol–water partition coefficient (Wildman–Crippen LogP) is 1.72. The van der Waals surface area contributed by atoms with Gasteiger partial charge >= 0.3 is 0 Å². The van der Waals surface area contributed by atoms with Crippen LogP contribution in [0.4, 0.5) is 5.82 Å². The van der Waals surface area contributed by atoms with Crippen LogP contribution in [0.3, 0.4) is 0 Å². The number of rotatable bonds is 3. The van der Waals surface area contributed by atoms with Gasteiger partial charge in [-0.1, -0.05) is 6.42 Å². The second-order valence-electron chi connectivity index (χ2n) is 6.26. The van der Waals surface area contributed by atoms with Crippen LogP contribution in [0.1, 0.15) is 19.3 Å². The Balaban J connectivity index is 1.42. The molecule has 2 fully saturated rings. The molecule has 0 spiro atoms. The molecule has 0 N–H and O–H groups in total. The summed E-state index contributed by atoms with van der Waals surface area (Å²) in [6.45, 7) is 3.25. The van der Waals surface area contributed by atoms with Crippen LogP contribution in [0.2, 0.25) is 0 Å². The standard InChI is InChI=1S/C17H21N5O/c23-17(14-4-3-5-14)22-10-8-21(9-11-22)16-12-15(18-13-19-16)20-6-1-2-7-20/h1-2,6-7,12-14H,3-5,8-11H2. The van der Waals surface area contributed by atoms with Gasteiger partial charge in [-0.2, -0.15) is 0 Å². The van der Waals surface area contributed by atoms with Gasteiger partial charge in [0.15, 0.2) is 0 Å². The molecular weight excluding hydrogens is 290 g/mol. The molecule has 1 saturated carbocycles. The van der Waals surface area contributed by atoms with E-state index in [1.54, 1.807) is 6.33 Å². The van der Waals surface area contributed by atoms with Gasteiger partial charge < -0.3 is 14.4 Å². The molecule has 120 valence electrons. The van der Waals surface area contributed by atoms with Gasteiger partial charge in [-0.15, -0.1) is 0 Å². The van der Waals surface area contributed by atoms with Crippen LogP contribution in [0.25, 0.3) is 5.82 Å². The van der Waals surface area contributed by atoms with Gasteiger partial charge in [-0.05, 0) is 25.0 Å². The first-order valence-corrected chi connectivity index (χ1v) is 8.30. The van der Waals surface area contributed by atoms with Crippen molar-refractivity contribution in [1.29, 1.82) is 0 Å². The molecule has 0 bridgehead atoms. The Morgan fingerprint density at radius 2 is 1.70 bits per heavy atom.